The molecule has 0 aliphatic carbocycles. The van der Waals surface area contributed by atoms with E-state index in [2.05, 4.69) is 20.8 Å². The fraction of sp³-hybridized carbons (Fsp3) is 0.0500. The number of carbonyl (C=O) groups excluding carboxylic acids is 2. The number of nitrogens with one attached hydrogen (secondary N) is 3. The first-order valence-corrected chi connectivity index (χ1v) is 9.25. The zero-order chi connectivity index (χ0) is 19.7. The lowest BCUT2D eigenvalue weighted by Crippen LogP contribution is -2.13. The van der Waals surface area contributed by atoms with Crippen molar-refractivity contribution in [1.82, 2.24) is 10.2 Å². The molecule has 0 atom stereocenters. The number of anilines is 2. The molecule has 6 nitrogen and oxygen atoms in total. The summed E-state index contributed by atoms with van der Waals surface area (Å²) < 4.78 is 13.0. The zero-order valence-electron chi connectivity index (χ0n) is 14.7. The molecule has 0 unspecified atom stereocenters. The molecule has 140 valence electrons. The molecule has 0 aliphatic heterocycles. The molecule has 0 fully saturated rings. The quantitative estimate of drug-likeness (QED) is 0.474. The van der Waals surface area contributed by atoms with Gasteiger partial charge >= 0.3 is 0 Å². The van der Waals surface area contributed by atoms with E-state index >= 15 is 0 Å². The average molecular weight is 394 g/mol. The van der Waals surface area contributed by atoms with Gasteiger partial charge in [0.2, 0.25) is 0 Å². The third-order valence-electron chi connectivity index (χ3n) is 4.20. The number of H-pyrrole nitrogens is 1. The van der Waals surface area contributed by atoms with Crippen molar-refractivity contribution < 1.29 is 14.0 Å². The standard InChI is InChI=1S/C20H15FN4O2S/c1-11-4-2-3-5-14(11)18(26)23-17-15-10-16(28-20(15)25-24-17)19(27)22-13-8-6-12(21)7-9-13/h2-10H,1H3,(H,22,27)(H2,23,24,25,26). The van der Waals surface area contributed by atoms with Crippen molar-refractivity contribution in [3.63, 3.8) is 0 Å². The number of rotatable bonds is 4. The van der Waals surface area contributed by atoms with E-state index in [1.807, 2.05) is 19.1 Å². The monoisotopic (exact) mass is 394 g/mol. The van der Waals surface area contributed by atoms with Crippen LogP contribution in [-0.2, 0) is 0 Å². The van der Waals surface area contributed by atoms with Crippen LogP contribution in [0.2, 0.25) is 0 Å². The predicted octanol–water partition coefficient (Wildman–Crippen LogP) is 4.58. The highest BCUT2D eigenvalue weighted by molar-refractivity contribution is 7.20. The van der Waals surface area contributed by atoms with E-state index in [0.717, 1.165) is 5.56 Å². The molecule has 4 rings (SSSR count). The zero-order valence-corrected chi connectivity index (χ0v) is 15.6. The van der Waals surface area contributed by atoms with E-state index in [1.54, 1.807) is 18.2 Å². The van der Waals surface area contributed by atoms with Gasteiger partial charge in [0, 0.05) is 11.3 Å². The highest BCUT2D eigenvalue weighted by atomic mass is 32.1. The van der Waals surface area contributed by atoms with E-state index < -0.39 is 0 Å². The number of benzene rings is 2. The maximum atomic E-state index is 13.0. The van der Waals surface area contributed by atoms with Crippen molar-refractivity contribution in [3.8, 4) is 0 Å². The van der Waals surface area contributed by atoms with Gasteiger partial charge in [-0.05, 0) is 48.9 Å². The van der Waals surface area contributed by atoms with E-state index in [1.165, 1.54) is 35.6 Å². The summed E-state index contributed by atoms with van der Waals surface area (Å²) in [6.45, 7) is 1.86. The molecule has 0 spiro atoms. The van der Waals surface area contributed by atoms with Gasteiger partial charge < -0.3 is 10.6 Å². The molecule has 0 saturated carbocycles. The summed E-state index contributed by atoms with van der Waals surface area (Å²) in [5.74, 6) is -0.602. The highest BCUT2D eigenvalue weighted by Gasteiger charge is 2.17. The second-order valence-corrected chi connectivity index (χ2v) is 7.21. The molecule has 8 heteroatoms. The fourth-order valence-corrected chi connectivity index (χ4v) is 3.65. The lowest BCUT2D eigenvalue weighted by atomic mass is 10.1. The number of thiophene rings is 1. The van der Waals surface area contributed by atoms with Crippen LogP contribution >= 0.6 is 11.3 Å². The molecule has 2 heterocycles. The van der Waals surface area contributed by atoms with Crippen LogP contribution in [0.5, 0.6) is 0 Å². The van der Waals surface area contributed by atoms with Gasteiger partial charge in [-0.25, -0.2) is 4.39 Å². The van der Waals surface area contributed by atoms with Crippen LogP contribution in [-0.4, -0.2) is 22.0 Å². The molecule has 0 bridgehead atoms. The summed E-state index contributed by atoms with van der Waals surface area (Å²) in [7, 11) is 0. The maximum Gasteiger partial charge on any atom is 0.265 e. The van der Waals surface area contributed by atoms with E-state index in [9.17, 15) is 14.0 Å². The first kappa shape index (κ1) is 17.9. The van der Waals surface area contributed by atoms with E-state index in [0.29, 0.717) is 32.2 Å². The summed E-state index contributed by atoms with van der Waals surface area (Å²) in [5, 5.41) is 13.1. The number of aryl methyl sites for hydroxylation is 1. The Morgan fingerprint density at radius 3 is 2.54 bits per heavy atom. The molecule has 0 saturated heterocycles. The molecule has 0 aliphatic rings. The number of aromatic nitrogens is 2. The summed E-state index contributed by atoms with van der Waals surface area (Å²) in [5.41, 5.74) is 1.91. The van der Waals surface area contributed by atoms with Gasteiger partial charge in [-0.1, -0.05) is 18.2 Å². The van der Waals surface area contributed by atoms with Crippen LogP contribution in [0, 0.1) is 12.7 Å². The van der Waals surface area contributed by atoms with Crippen LogP contribution in [0.3, 0.4) is 0 Å². The first-order valence-electron chi connectivity index (χ1n) is 8.43. The van der Waals surface area contributed by atoms with Crippen molar-refractivity contribution in [1.29, 1.82) is 0 Å². The van der Waals surface area contributed by atoms with E-state index in [-0.39, 0.29) is 17.6 Å². The van der Waals surface area contributed by atoms with Crippen molar-refractivity contribution in [2.45, 2.75) is 6.92 Å². The Bertz CT molecular complexity index is 1180. The lowest BCUT2D eigenvalue weighted by molar-refractivity contribution is 0.102. The van der Waals surface area contributed by atoms with Crippen molar-refractivity contribution in [2.24, 2.45) is 0 Å². The van der Waals surface area contributed by atoms with Gasteiger partial charge in [0.1, 0.15) is 10.6 Å². The van der Waals surface area contributed by atoms with Crippen LogP contribution < -0.4 is 10.6 Å². The fourth-order valence-electron chi connectivity index (χ4n) is 2.75. The number of amides is 2. The third-order valence-corrected chi connectivity index (χ3v) is 5.24. The largest absolute Gasteiger partial charge is 0.321 e. The Hall–Kier alpha value is -3.52. The van der Waals surface area contributed by atoms with Crippen molar-refractivity contribution in [2.75, 3.05) is 10.6 Å². The number of aromatic amines is 1. The van der Waals surface area contributed by atoms with E-state index in [4.69, 9.17) is 0 Å². The molecule has 4 aromatic rings. The minimum atomic E-state index is -0.373. The number of halogens is 1. The first-order chi connectivity index (χ1) is 13.5. The highest BCUT2D eigenvalue weighted by Crippen LogP contribution is 2.30. The summed E-state index contributed by atoms with van der Waals surface area (Å²) in [4.78, 5) is 26.1. The summed E-state index contributed by atoms with van der Waals surface area (Å²) in [6, 6.07) is 14.4. The Balaban J connectivity index is 1.55. The Morgan fingerprint density at radius 2 is 1.79 bits per heavy atom. The normalized spacial score (nSPS) is 10.8. The lowest BCUT2D eigenvalue weighted by Gasteiger charge is -2.05. The third kappa shape index (κ3) is 3.49. The Kier molecular flexibility index (Phi) is 4.62. The van der Waals surface area contributed by atoms with Gasteiger partial charge in [-0.15, -0.1) is 11.3 Å². The second-order valence-electron chi connectivity index (χ2n) is 6.16. The smallest absolute Gasteiger partial charge is 0.265 e. The summed E-state index contributed by atoms with van der Waals surface area (Å²) >= 11 is 1.22. The van der Waals surface area contributed by atoms with Crippen molar-refractivity contribution >= 4 is 44.9 Å². The SMILES string of the molecule is Cc1ccccc1C(=O)Nc1n[nH]c2sc(C(=O)Nc3ccc(F)cc3)cc12. The summed E-state index contributed by atoms with van der Waals surface area (Å²) in [6.07, 6.45) is 0. The Labute approximate surface area is 163 Å². The number of hydrogen-bond acceptors (Lipinski definition) is 4. The predicted molar refractivity (Wildman–Crippen MR) is 107 cm³/mol. The molecule has 2 aromatic carbocycles. The van der Waals surface area contributed by atoms with Gasteiger partial charge in [0.25, 0.3) is 11.8 Å². The van der Waals surface area contributed by atoms with Crippen LogP contribution in [0.25, 0.3) is 10.2 Å². The van der Waals surface area contributed by atoms with Gasteiger partial charge in [0.05, 0.1) is 10.3 Å². The van der Waals surface area contributed by atoms with Crippen LogP contribution in [0.1, 0.15) is 25.6 Å². The maximum absolute atomic E-state index is 13.0. The van der Waals surface area contributed by atoms with Crippen LogP contribution in [0.4, 0.5) is 15.9 Å². The number of fused-ring (bicyclic) bond motifs is 1. The molecular formula is C20H15FN4O2S. The van der Waals surface area contributed by atoms with Gasteiger partial charge in [-0.2, -0.15) is 5.10 Å². The number of carbonyl (C=O) groups is 2. The Morgan fingerprint density at radius 1 is 1.04 bits per heavy atom. The van der Waals surface area contributed by atoms with Gasteiger partial charge in [0.15, 0.2) is 5.82 Å². The number of nitrogens with zero attached hydrogens (tertiary/aromatic N) is 1. The molecule has 2 aromatic heterocycles. The average Bonchev–Trinajstić information content (AvgIpc) is 3.26. The molecule has 2 amide bonds. The minimum absolute atomic E-state index is 0.269. The van der Waals surface area contributed by atoms with Crippen molar-refractivity contribution in [3.05, 3.63) is 76.4 Å². The molecular weight excluding hydrogens is 379 g/mol. The number of hydrogen-bond donors (Lipinski definition) is 3. The topological polar surface area (TPSA) is 86.9 Å². The molecule has 3 N–H and O–H groups in total. The van der Waals surface area contributed by atoms with Gasteiger partial charge in [-0.3, -0.25) is 14.7 Å². The molecule has 0 radical (unpaired) electrons. The minimum Gasteiger partial charge on any atom is -0.321 e. The molecule has 28 heavy (non-hydrogen) atoms. The second kappa shape index (κ2) is 7.24. The van der Waals surface area contributed by atoms with Crippen LogP contribution in [0.15, 0.2) is 54.6 Å².